The van der Waals surface area contributed by atoms with E-state index in [0.717, 1.165) is 82.6 Å². The van der Waals surface area contributed by atoms with Crippen LogP contribution in [0, 0.1) is 0 Å². The van der Waals surface area contributed by atoms with Crippen LogP contribution in [0.25, 0.3) is 16.7 Å². The average Bonchev–Trinajstić information content (AvgIpc) is 3.58. The van der Waals surface area contributed by atoms with Gasteiger partial charge in [-0.1, -0.05) is 44.0 Å². The van der Waals surface area contributed by atoms with Gasteiger partial charge in [-0.25, -0.2) is 10.5 Å². The van der Waals surface area contributed by atoms with Crippen molar-refractivity contribution in [1.82, 2.24) is 29.8 Å². The molecule has 0 unspecified atom stereocenters. The van der Waals surface area contributed by atoms with Gasteiger partial charge in [0.2, 0.25) is 11.4 Å². The molecule has 44 heavy (non-hydrogen) atoms. The maximum atomic E-state index is 13.5. The van der Waals surface area contributed by atoms with E-state index in [4.69, 9.17) is 9.82 Å². The number of benzene rings is 2. The van der Waals surface area contributed by atoms with Gasteiger partial charge in [0.1, 0.15) is 5.56 Å². The molecule has 0 spiro atoms. The molecule has 0 bridgehead atoms. The van der Waals surface area contributed by atoms with Crippen molar-refractivity contribution in [3.63, 3.8) is 0 Å². The summed E-state index contributed by atoms with van der Waals surface area (Å²) < 4.78 is 1.77. The molecule has 3 heterocycles. The zero-order chi connectivity index (χ0) is 30.5. The Morgan fingerprint density at radius 3 is 2.39 bits per heavy atom. The van der Waals surface area contributed by atoms with E-state index >= 15 is 0 Å². The van der Waals surface area contributed by atoms with E-state index in [0.29, 0.717) is 11.6 Å². The molecule has 230 valence electrons. The molecule has 0 radical (unpaired) electrons. The molecule has 0 atom stereocenters. The molecular weight excluding hydrogens is 554 g/mol. The number of amides is 1. The predicted octanol–water partition coefficient (Wildman–Crippen LogP) is 4.48. The number of pyridine rings is 1. The van der Waals surface area contributed by atoms with Crippen LogP contribution in [0.15, 0.2) is 65.7 Å². The third kappa shape index (κ3) is 6.99. The number of nitrogens with zero attached hydrogens (tertiary/aromatic N) is 5. The van der Waals surface area contributed by atoms with Gasteiger partial charge in [0.05, 0.1) is 11.5 Å². The highest BCUT2D eigenvalue weighted by molar-refractivity contribution is 5.96. The molecule has 2 fully saturated rings. The monoisotopic (exact) mass is 595 g/mol. The molecule has 10 nitrogen and oxygen atoms in total. The Labute approximate surface area is 258 Å². The number of anilines is 2. The SMILES string of the molecule is CCc1ccc(-n2cc(C(=O)NOC3CCCC3)c(=O)c3cnc(Nc4ccc(CCN5CCN(C)CC5)cc4)nc32)cc1. The molecule has 1 aliphatic carbocycles. The molecule has 4 aromatic rings. The molecule has 1 aliphatic heterocycles. The lowest BCUT2D eigenvalue weighted by atomic mass is 10.1. The fourth-order valence-electron chi connectivity index (χ4n) is 5.86. The summed E-state index contributed by atoms with van der Waals surface area (Å²) in [6, 6.07) is 16.3. The predicted molar refractivity (Wildman–Crippen MR) is 173 cm³/mol. The lowest BCUT2D eigenvalue weighted by Crippen LogP contribution is -2.45. The second-order valence-corrected chi connectivity index (χ2v) is 11.9. The lowest BCUT2D eigenvalue weighted by Gasteiger charge is -2.32. The van der Waals surface area contributed by atoms with Crippen LogP contribution in [0.5, 0.6) is 0 Å². The average molecular weight is 596 g/mol. The molecule has 2 aliphatic rings. The Balaban J connectivity index is 1.24. The molecular formula is C34H41N7O3. The van der Waals surface area contributed by atoms with Crippen molar-refractivity contribution in [2.24, 2.45) is 0 Å². The van der Waals surface area contributed by atoms with Crippen LogP contribution in [-0.4, -0.2) is 76.1 Å². The molecule has 2 aromatic carbocycles. The highest BCUT2D eigenvalue weighted by Gasteiger charge is 2.21. The minimum atomic E-state index is -0.572. The van der Waals surface area contributed by atoms with Crippen molar-refractivity contribution in [1.29, 1.82) is 0 Å². The van der Waals surface area contributed by atoms with Gasteiger partial charge in [-0.3, -0.25) is 14.4 Å². The number of carbonyl (C=O) groups excluding carboxylic acids is 1. The third-order valence-electron chi connectivity index (χ3n) is 8.75. The minimum Gasteiger partial charge on any atom is -0.324 e. The second-order valence-electron chi connectivity index (χ2n) is 11.9. The number of aryl methyl sites for hydroxylation is 1. The Morgan fingerprint density at radius 2 is 1.68 bits per heavy atom. The number of hydroxylamine groups is 1. The van der Waals surface area contributed by atoms with Gasteiger partial charge >= 0.3 is 0 Å². The number of fused-ring (bicyclic) bond motifs is 1. The number of nitrogens with one attached hydrogen (secondary N) is 2. The smallest absolute Gasteiger partial charge is 0.280 e. The molecule has 1 saturated carbocycles. The van der Waals surface area contributed by atoms with Crippen LogP contribution in [-0.2, 0) is 17.7 Å². The van der Waals surface area contributed by atoms with Crippen LogP contribution in [0.1, 0.15) is 54.1 Å². The summed E-state index contributed by atoms with van der Waals surface area (Å²) in [6.07, 6.45) is 8.87. The van der Waals surface area contributed by atoms with Gasteiger partial charge in [-0.2, -0.15) is 4.98 Å². The quantitative estimate of drug-likeness (QED) is 0.259. The van der Waals surface area contributed by atoms with Crippen molar-refractivity contribution in [2.45, 2.75) is 51.6 Å². The molecule has 1 amide bonds. The molecule has 10 heteroatoms. The number of carbonyl (C=O) groups is 1. The molecule has 1 saturated heterocycles. The molecule has 2 aromatic heterocycles. The number of hydrogen-bond donors (Lipinski definition) is 2. The Hall–Kier alpha value is -4.12. The Bertz CT molecular complexity index is 1640. The summed E-state index contributed by atoms with van der Waals surface area (Å²) in [7, 11) is 2.18. The topological polar surface area (TPSA) is 105 Å². The zero-order valence-electron chi connectivity index (χ0n) is 25.6. The summed E-state index contributed by atoms with van der Waals surface area (Å²) >= 11 is 0. The normalized spacial score (nSPS) is 16.4. The number of piperazine rings is 1. The zero-order valence-corrected chi connectivity index (χ0v) is 25.6. The summed E-state index contributed by atoms with van der Waals surface area (Å²) in [5, 5.41) is 3.54. The summed E-state index contributed by atoms with van der Waals surface area (Å²) in [4.78, 5) is 46.3. The van der Waals surface area contributed by atoms with E-state index in [1.807, 2.05) is 36.4 Å². The number of likely N-dealkylation sites (N-methyl/N-ethyl adjacent to an activating group) is 1. The lowest BCUT2D eigenvalue weighted by molar-refractivity contribution is -0.0125. The first-order valence-corrected chi connectivity index (χ1v) is 15.7. The van der Waals surface area contributed by atoms with Crippen molar-refractivity contribution >= 4 is 28.6 Å². The summed E-state index contributed by atoms with van der Waals surface area (Å²) in [5.41, 5.74) is 6.57. The van der Waals surface area contributed by atoms with Crippen molar-refractivity contribution in [3.05, 3.63) is 87.8 Å². The fourth-order valence-corrected chi connectivity index (χ4v) is 5.86. The van der Waals surface area contributed by atoms with Crippen molar-refractivity contribution < 1.29 is 9.63 Å². The van der Waals surface area contributed by atoms with Gasteiger partial charge in [0.15, 0.2) is 5.65 Å². The molecule has 2 N–H and O–H groups in total. The van der Waals surface area contributed by atoms with Crippen LogP contribution in [0.4, 0.5) is 11.6 Å². The maximum absolute atomic E-state index is 13.5. The molecule has 6 rings (SSSR count). The highest BCUT2D eigenvalue weighted by atomic mass is 16.7. The van der Waals surface area contributed by atoms with Crippen LogP contribution in [0.2, 0.25) is 0 Å². The van der Waals surface area contributed by atoms with Gasteiger partial charge in [-0.15, -0.1) is 0 Å². The van der Waals surface area contributed by atoms with E-state index in [2.05, 4.69) is 51.7 Å². The summed E-state index contributed by atoms with van der Waals surface area (Å²) in [5.74, 6) is -0.208. The first kappa shape index (κ1) is 29.9. The van der Waals surface area contributed by atoms with E-state index in [1.54, 1.807) is 10.8 Å². The first-order valence-electron chi connectivity index (χ1n) is 15.7. The van der Waals surface area contributed by atoms with Gasteiger partial charge < -0.3 is 19.7 Å². The highest BCUT2D eigenvalue weighted by Crippen LogP contribution is 2.22. The van der Waals surface area contributed by atoms with Gasteiger partial charge in [0.25, 0.3) is 5.91 Å². The van der Waals surface area contributed by atoms with Crippen molar-refractivity contribution in [3.8, 4) is 5.69 Å². The van der Waals surface area contributed by atoms with Gasteiger partial charge in [0, 0.05) is 56.5 Å². The number of aromatic nitrogens is 3. The standard InChI is InChI=1S/C34H41N7O3/c1-3-24-10-14-27(15-11-24)41-23-30(33(43)38-44-28-6-4-5-7-28)31(42)29-22-35-34(37-32(29)41)36-26-12-8-25(9-13-26)16-17-40-20-18-39(2)19-21-40/h8-15,22-23,28H,3-7,16-21H2,1-2H3,(H,38,43)(H,35,36,37). The second kappa shape index (κ2) is 13.7. The van der Waals surface area contributed by atoms with E-state index in [9.17, 15) is 9.59 Å². The van der Waals surface area contributed by atoms with Crippen molar-refractivity contribution in [2.75, 3.05) is 45.1 Å². The fraction of sp³-hybridized carbons (Fsp3) is 0.412. The van der Waals surface area contributed by atoms with Gasteiger partial charge in [-0.05, 0) is 68.1 Å². The largest absolute Gasteiger partial charge is 0.324 e. The third-order valence-corrected chi connectivity index (χ3v) is 8.75. The minimum absolute atomic E-state index is 0.0217. The van der Waals surface area contributed by atoms with E-state index in [1.165, 1.54) is 17.3 Å². The Morgan fingerprint density at radius 1 is 0.977 bits per heavy atom. The van der Waals surface area contributed by atoms with Crippen LogP contribution < -0.4 is 16.2 Å². The van der Waals surface area contributed by atoms with Crippen LogP contribution in [0.3, 0.4) is 0 Å². The van der Waals surface area contributed by atoms with E-state index in [-0.39, 0.29) is 17.1 Å². The number of rotatable bonds is 10. The number of hydrogen-bond acceptors (Lipinski definition) is 8. The summed E-state index contributed by atoms with van der Waals surface area (Å²) in [6.45, 7) is 7.62. The maximum Gasteiger partial charge on any atom is 0.280 e. The van der Waals surface area contributed by atoms with Crippen LogP contribution >= 0.6 is 0 Å². The first-order chi connectivity index (χ1) is 21.5. The Kier molecular flexibility index (Phi) is 9.30. The van der Waals surface area contributed by atoms with E-state index < -0.39 is 11.3 Å².